The number of hydrogen-bond donors (Lipinski definition) is 2. The number of methoxy groups -OCH3 is 1. The molecule has 1 fully saturated rings. The first-order chi connectivity index (χ1) is 9.20. The quantitative estimate of drug-likeness (QED) is 0.620. The zero-order valence-corrected chi connectivity index (χ0v) is 12.2. The molecule has 0 aliphatic carbocycles. The summed E-state index contributed by atoms with van der Waals surface area (Å²) in [5, 5.41) is 12.8. The van der Waals surface area contributed by atoms with Crippen LogP contribution < -0.4 is 5.32 Å². The van der Waals surface area contributed by atoms with E-state index in [1.54, 1.807) is 7.11 Å². The Hall–Kier alpha value is -0.650. The van der Waals surface area contributed by atoms with Crippen LogP contribution in [0.4, 0.5) is 0 Å². The van der Waals surface area contributed by atoms with Crippen molar-refractivity contribution in [2.24, 2.45) is 0 Å². The fraction of sp³-hybridized carbons (Fsp3) is 0.929. The molecule has 0 saturated carbocycles. The lowest BCUT2D eigenvalue weighted by Gasteiger charge is -2.39. The van der Waals surface area contributed by atoms with E-state index in [1.165, 1.54) is 6.42 Å². The number of aliphatic carboxylic acids is 1. The standard InChI is InChI=1S/C14H28N2O3/c1-3-6-13(14(17)18)16-9-5-4-7-12(16)11-15-8-10-19-2/h12-13,15H,3-11H2,1-2H3,(H,17,18). The Balaban J connectivity index is 2.52. The summed E-state index contributed by atoms with van der Waals surface area (Å²) >= 11 is 0. The predicted octanol–water partition coefficient (Wildman–Crippen LogP) is 1.33. The summed E-state index contributed by atoms with van der Waals surface area (Å²) in [5.41, 5.74) is 0. The van der Waals surface area contributed by atoms with E-state index in [9.17, 15) is 9.90 Å². The monoisotopic (exact) mass is 272 g/mol. The minimum atomic E-state index is -0.675. The van der Waals surface area contributed by atoms with Crippen LogP contribution in [0.15, 0.2) is 0 Å². The zero-order valence-electron chi connectivity index (χ0n) is 12.2. The maximum atomic E-state index is 11.4. The van der Waals surface area contributed by atoms with Gasteiger partial charge in [-0.15, -0.1) is 0 Å². The van der Waals surface area contributed by atoms with Crippen molar-refractivity contribution in [3.63, 3.8) is 0 Å². The summed E-state index contributed by atoms with van der Waals surface area (Å²) in [6, 6.07) is 0.0257. The predicted molar refractivity (Wildman–Crippen MR) is 75.4 cm³/mol. The third-order valence-corrected chi connectivity index (χ3v) is 3.78. The van der Waals surface area contributed by atoms with Gasteiger partial charge in [0.15, 0.2) is 0 Å². The second-order valence-electron chi connectivity index (χ2n) is 5.23. The first kappa shape index (κ1) is 16.4. The average molecular weight is 272 g/mol. The third kappa shape index (κ3) is 5.47. The molecule has 0 spiro atoms. The lowest BCUT2D eigenvalue weighted by Crippen LogP contribution is -2.53. The van der Waals surface area contributed by atoms with Crippen LogP contribution in [0.5, 0.6) is 0 Å². The van der Waals surface area contributed by atoms with E-state index in [4.69, 9.17) is 4.74 Å². The van der Waals surface area contributed by atoms with Gasteiger partial charge in [0.05, 0.1) is 6.61 Å². The molecule has 0 amide bonds. The molecule has 0 aromatic carbocycles. The number of rotatable bonds is 9. The number of carboxylic acid groups (broad SMARTS) is 1. The highest BCUT2D eigenvalue weighted by molar-refractivity contribution is 5.73. The Labute approximate surface area is 116 Å². The van der Waals surface area contributed by atoms with Crippen molar-refractivity contribution in [1.29, 1.82) is 0 Å². The van der Waals surface area contributed by atoms with Gasteiger partial charge in [-0.3, -0.25) is 9.69 Å². The van der Waals surface area contributed by atoms with Crippen LogP contribution in [-0.2, 0) is 9.53 Å². The molecule has 0 radical (unpaired) electrons. The third-order valence-electron chi connectivity index (χ3n) is 3.78. The topological polar surface area (TPSA) is 61.8 Å². The Bertz CT molecular complexity index is 261. The van der Waals surface area contributed by atoms with Crippen LogP contribution >= 0.6 is 0 Å². The molecule has 19 heavy (non-hydrogen) atoms. The second-order valence-corrected chi connectivity index (χ2v) is 5.23. The van der Waals surface area contributed by atoms with Crippen molar-refractivity contribution in [1.82, 2.24) is 10.2 Å². The minimum absolute atomic E-state index is 0.320. The molecule has 1 aliphatic rings. The molecule has 1 saturated heterocycles. The van der Waals surface area contributed by atoms with Gasteiger partial charge in [0, 0.05) is 26.2 Å². The number of likely N-dealkylation sites (tertiary alicyclic amines) is 1. The molecule has 0 aromatic rings. The van der Waals surface area contributed by atoms with Gasteiger partial charge in [0.1, 0.15) is 6.04 Å². The first-order valence-corrected chi connectivity index (χ1v) is 7.38. The normalized spacial score (nSPS) is 22.3. The lowest BCUT2D eigenvalue weighted by atomic mass is 9.98. The maximum Gasteiger partial charge on any atom is 0.320 e. The first-order valence-electron chi connectivity index (χ1n) is 7.38. The minimum Gasteiger partial charge on any atom is -0.480 e. The molecule has 0 bridgehead atoms. The number of carboxylic acids is 1. The van der Waals surface area contributed by atoms with Gasteiger partial charge >= 0.3 is 5.97 Å². The fourth-order valence-electron chi connectivity index (χ4n) is 2.80. The molecule has 1 aliphatic heterocycles. The highest BCUT2D eigenvalue weighted by Gasteiger charge is 2.32. The van der Waals surface area contributed by atoms with Crippen molar-refractivity contribution in [2.45, 2.75) is 51.1 Å². The molecule has 5 nitrogen and oxygen atoms in total. The van der Waals surface area contributed by atoms with Crippen molar-refractivity contribution < 1.29 is 14.6 Å². The van der Waals surface area contributed by atoms with Crippen LogP contribution in [0.2, 0.25) is 0 Å². The van der Waals surface area contributed by atoms with Gasteiger partial charge in [-0.05, 0) is 25.8 Å². The van der Waals surface area contributed by atoms with Crippen LogP contribution in [0, 0.1) is 0 Å². The number of carbonyl (C=O) groups is 1. The molecule has 2 N–H and O–H groups in total. The van der Waals surface area contributed by atoms with Gasteiger partial charge in [-0.2, -0.15) is 0 Å². The molecule has 112 valence electrons. The summed E-state index contributed by atoms with van der Waals surface area (Å²) in [6.45, 7) is 5.34. The lowest BCUT2D eigenvalue weighted by molar-refractivity contribution is -0.145. The van der Waals surface area contributed by atoms with Gasteiger partial charge < -0.3 is 15.2 Å². The van der Waals surface area contributed by atoms with Gasteiger partial charge in [-0.1, -0.05) is 19.8 Å². The Morgan fingerprint density at radius 1 is 1.53 bits per heavy atom. The van der Waals surface area contributed by atoms with E-state index in [0.717, 1.165) is 45.3 Å². The van der Waals surface area contributed by atoms with E-state index in [-0.39, 0.29) is 6.04 Å². The number of nitrogens with one attached hydrogen (secondary N) is 1. The number of hydrogen-bond acceptors (Lipinski definition) is 4. The van der Waals surface area contributed by atoms with Crippen LogP contribution in [0.3, 0.4) is 0 Å². The number of piperidine rings is 1. The summed E-state index contributed by atoms with van der Waals surface area (Å²) in [6.07, 6.45) is 5.06. The summed E-state index contributed by atoms with van der Waals surface area (Å²) in [5.74, 6) is -0.675. The number of ether oxygens (including phenoxy) is 1. The van der Waals surface area contributed by atoms with E-state index in [2.05, 4.69) is 10.2 Å². The van der Waals surface area contributed by atoms with Crippen molar-refractivity contribution in [3.8, 4) is 0 Å². The summed E-state index contributed by atoms with van der Waals surface area (Å²) in [7, 11) is 1.69. The van der Waals surface area contributed by atoms with Crippen molar-refractivity contribution in [2.75, 3.05) is 33.4 Å². The highest BCUT2D eigenvalue weighted by Crippen LogP contribution is 2.21. The van der Waals surface area contributed by atoms with Crippen LogP contribution in [0.25, 0.3) is 0 Å². The summed E-state index contributed by atoms with van der Waals surface area (Å²) in [4.78, 5) is 13.6. The van der Waals surface area contributed by atoms with Gasteiger partial charge in [-0.25, -0.2) is 0 Å². The molecule has 0 aromatic heterocycles. The smallest absolute Gasteiger partial charge is 0.320 e. The van der Waals surface area contributed by atoms with Crippen molar-refractivity contribution >= 4 is 5.97 Å². The van der Waals surface area contributed by atoms with E-state index in [1.807, 2.05) is 6.92 Å². The molecule has 5 heteroatoms. The van der Waals surface area contributed by atoms with Gasteiger partial charge in [0.25, 0.3) is 0 Å². The van der Waals surface area contributed by atoms with Crippen LogP contribution in [-0.4, -0.2) is 61.4 Å². The zero-order chi connectivity index (χ0) is 14.1. The highest BCUT2D eigenvalue weighted by atomic mass is 16.5. The Morgan fingerprint density at radius 3 is 2.95 bits per heavy atom. The average Bonchev–Trinajstić information content (AvgIpc) is 2.41. The molecule has 2 atom stereocenters. The van der Waals surface area contributed by atoms with E-state index < -0.39 is 5.97 Å². The summed E-state index contributed by atoms with van der Waals surface area (Å²) < 4.78 is 5.01. The van der Waals surface area contributed by atoms with E-state index in [0.29, 0.717) is 12.6 Å². The molecule has 2 unspecified atom stereocenters. The van der Waals surface area contributed by atoms with Crippen LogP contribution in [0.1, 0.15) is 39.0 Å². The Kier molecular flexibility index (Phi) is 8.02. The molecule has 1 rings (SSSR count). The SMILES string of the molecule is CCCC(C(=O)O)N1CCCCC1CNCCOC. The molecular weight excluding hydrogens is 244 g/mol. The fourth-order valence-corrected chi connectivity index (χ4v) is 2.80. The van der Waals surface area contributed by atoms with Gasteiger partial charge in [0.2, 0.25) is 0 Å². The molecular formula is C14H28N2O3. The number of nitrogens with zero attached hydrogens (tertiary/aromatic N) is 1. The van der Waals surface area contributed by atoms with Crippen molar-refractivity contribution in [3.05, 3.63) is 0 Å². The van der Waals surface area contributed by atoms with E-state index >= 15 is 0 Å². The largest absolute Gasteiger partial charge is 0.480 e. The molecule has 1 heterocycles. The Morgan fingerprint density at radius 2 is 2.32 bits per heavy atom. The maximum absolute atomic E-state index is 11.4. The second kappa shape index (κ2) is 9.28.